The van der Waals surface area contributed by atoms with Gasteiger partial charge in [0.05, 0.1) is 0 Å². The second-order valence-corrected chi connectivity index (χ2v) is 6.90. The van der Waals surface area contributed by atoms with Crippen LogP contribution in [0.1, 0.15) is 60.3 Å². The van der Waals surface area contributed by atoms with Crippen LogP contribution in [0.25, 0.3) is 0 Å². The Morgan fingerprint density at radius 1 is 1.40 bits per heavy atom. The highest BCUT2D eigenvalue weighted by atomic mass is 16.4. The molecular formula is C16H32N2O2. The van der Waals surface area contributed by atoms with Gasteiger partial charge in [-0.05, 0) is 52.0 Å². The fourth-order valence-corrected chi connectivity index (χ4v) is 3.30. The fourth-order valence-electron chi connectivity index (χ4n) is 3.30. The maximum absolute atomic E-state index is 11.7. The molecule has 1 fully saturated rings. The summed E-state index contributed by atoms with van der Waals surface area (Å²) >= 11 is 0. The molecule has 0 saturated heterocycles. The molecule has 1 aliphatic carbocycles. The monoisotopic (exact) mass is 284 g/mol. The Balaban J connectivity index is 2.77. The minimum absolute atomic E-state index is 0.387. The Bertz CT molecular complexity index is 318. The van der Waals surface area contributed by atoms with Crippen LogP contribution in [0, 0.1) is 5.92 Å². The largest absolute Gasteiger partial charge is 0.480 e. The first-order valence-corrected chi connectivity index (χ1v) is 8.06. The number of nitrogens with zero attached hydrogens (tertiary/aromatic N) is 1. The second kappa shape index (κ2) is 7.41. The second-order valence-electron chi connectivity index (χ2n) is 6.90. The third-order valence-corrected chi connectivity index (χ3v) is 4.32. The molecule has 20 heavy (non-hydrogen) atoms. The topological polar surface area (TPSA) is 52.6 Å². The molecule has 0 aromatic rings. The molecule has 4 nitrogen and oxygen atoms in total. The lowest BCUT2D eigenvalue weighted by molar-refractivity contribution is -0.144. The van der Waals surface area contributed by atoms with E-state index in [-0.39, 0.29) is 0 Å². The molecule has 0 amide bonds. The zero-order valence-corrected chi connectivity index (χ0v) is 13.8. The minimum Gasteiger partial charge on any atom is -0.480 e. The molecule has 0 heterocycles. The first-order chi connectivity index (χ1) is 9.32. The molecular weight excluding hydrogens is 252 g/mol. The standard InChI is InChI=1S/C16H32N2O2/c1-6-9-17-16(15(19)20)8-7-14(10-16)18(13(4)5)11-12(2)3/h12-14,17H,6-11H2,1-5H3,(H,19,20). The molecule has 1 aliphatic rings. The number of hydrogen-bond acceptors (Lipinski definition) is 3. The summed E-state index contributed by atoms with van der Waals surface area (Å²) in [6.45, 7) is 12.8. The van der Waals surface area contributed by atoms with Gasteiger partial charge in [0.2, 0.25) is 0 Å². The van der Waals surface area contributed by atoms with Gasteiger partial charge in [-0.1, -0.05) is 20.8 Å². The van der Waals surface area contributed by atoms with E-state index in [1.54, 1.807) is 0 Å². The molecule has 118 valence electrons. The molecule has 0 aliphatic heterocycles. The molecule has 0 spiro atoms. The lowest BCUT2D eigenvalue weighted by Gasteiger charge is -2.35. The van der Waals surface area contributed by atoms with Crippen LogP contribution in [0.4, 0.5) is 0 Å². The highest BCUT2D eigenvalue weighted by Gasteiger charge is 2.46. The van der Waals surface area contributed by atoms with Crippen molar-refractivity contribution >= 4 is 5.97 Å². The molecule has 0 radical (unpaired) electrons. The number of hydrogen-bond donors (Lipinski definition) is 2. The van der Waals surface area contributed by atoms with Crippen molar-refractivity contribution in [3.05, 3.63) is 0 Å². The summed E-state index contributed by atoms with van der Waals surface area (Å²) in [5.74, 6) is -0.0671. The van der Waals surface area contributed by atoms with E-state index in [4.69, 9.17) is 0 Å². The van der Waals surface area contributed by atoms with Crippen molar-refractivity contribution in [2.45, 2.75) is 77.9 Å². The van der Waals surface area contributed by atoms with Gasteiger partial charge in [-0.25, -0.2) is 0 Å². The van der Waals surface area contributed by atoms with Gasteiger partial charge in [0, 0.05) is 18.6 Å². The quantitative estimate of drug-likeness (QED) is 0.719. The Kier molecular flexibility index (Phi) is 6.46. The van der Waals surface area contributed by atoms with Crippen LogP contribution in [-0.4, -0.2) is 46.7 Å². The summed E-state index contributed by atoms with van der Waals surface area (Å²) in [6.07, 6.45) is 3.43. The van der Waals surface area contributed by atoms with Gasteiger partial charge in [-0.2, -0.15) is 0 Å². The summed E-state index contributed by atoms with van der Waals surface area (Å²) in [4.78, 5) is 14.2. The highest BCUT2D eigenvalue weighted by Crippen LogP contribution is 2.34. The number of carbonyl (C=O) groups is 1. The van der Waals surface area contributed by atoms with Crippen LogP contribution < -0.4 is 5.32 Å². The predicted molar refractivity (Wildman–Crippen MR) is 83.0 cm³/mol. The third kappa shape index (κ3) is 4.19. The van der Waals surface area contributed by atoms with Crippen LogP contribution in [0.15, 0.2) is 0 Å². The van der Waals surface area contributed by atoms with E-state index < -0.39 is 11.5 Å². The molecule has 2 atom stereocenters. The van der Waals surface area contributed by atoms with Crippen LogP contribution in [0.2, 0.25) is 0 Å². The Morgan fingerprint density at radius 3 is 2.50 bits per heavy atom. The minimum atomic E-state index is -0.704. The van der Waals surface area contributed by atoms with Crippen molar-refractivity contribution in [2.24, 2.45) is 5.92 Å². The number of aliphatic carboxylic acids is 1. The zero-order valence-electron chi connectivity index (χ0n) is 13.8. The maximum Gasteiger partial charge on any atom is 0.323 e. The summed E-state index contributed by atoms with van der Waals surface area (Å²) in [7, 11) is 0. The van der Waals surface area contributed by atoms with Crippen molar-refractivity contribution in [2.75, 3.05) is 13.1 Å². The van der Waals surface area contributed by atoms with Gasteiger partial charge in [0.25, 0.3) is 0 Å². The summed E-state index contributed by atoms with van der Waals surface area (Å²) in [5, 5.41) is 12.9. The van der Waals surface area contributed by atoms with Crippen LogP contribution in [0.3, 0.4) is 0 Å². The van der Waals surface area contributed by atoms with Crippen LogP contribution in [0.5, 0.6) is 0 Å². The average molecular weight is 284 g/mol. The van der Waals surface area contributed by atoms with E-state index in [2.05, 4.69) is 44.8 Å². The van der Waals surface area contributed by atoms with Crippen molar-refractivity contribution in [3.8, 4) is 0 Å². The first kappa shape index (κ1) is 17.4. The normalized spacial score (nSPS) is 26.9. The average Bonchev–Trinajstić information content (AvgIpc) is 2.78. The van der Waals surface area contributed by atoms with E-state index in [0.717, 1.165) is 38.8 Å². The van der Waals surface area contributed by atoms with Gasteiger partial charge in [0.15, 0.2) is 0 Å². The number of carboxylic acid groups (broad SMARTS) is 1. The molecule has 0 bridgehead atoms. The summed E-state index contributed by atoms with van der Waals surface area (Å²) < 4.78 is 0. The molecule has 0 aromatic heterocycles. The van der Waals surface area contributed by atoms with Crippen LogP contribution >= 0.6 is 0 Å². The van der Waals surface area contributed by atoms with Gasteiger partial charge < -0.3 is 10.4 Å². The molecule has 4 heteroatoms. The SMILES string of the molecule is CCCNC1(C(=O)O)CCC(N(CC(C)C)C(C)C)C1. The van der Waals surface area contributed by atoms with E-state index >= 15 is 0 Å². The fraction of sp³-hybridized carbons (Fsp3) is 0.938. The lowest BCUT2D eigenvalue weighted by Crippen LogP contribution is -2.52. The van der Waals surface area contributed by atoms with Crippen molar-refractivity contribution in [1.29, 1.82) is 0 Å². The number of rotatable bonds is 8. The molecule has 0 aromatic carbocycles. The third-order valence-electron chi connectivity index (χ3n) is 4.32. The lowest BCUT2D eigenvalue weighted by atomic mass is 9.96. The smallest absolute Gasteiger partial charge is 0.323 e. The summed E-state index contributed by atoms with van der Waals surface area (Å²) in [6, 6.07) is 0.857. The van der Waals surface area contributed by atoms with E-state index in [9.17, 15) is 9.90 Å². The Hall–Kier alpha value is -0.610. The summed E-state index contributed by atoms with van der Waals surface area (Å²) in [5.41, 5.74) is -0.704. The zero-order chi connectivity index (χ0) is 15.3. The van der Waals surface area contributed by atoms with Crippen LogP contribution in [-0.2, 0) is 4.79 Å². The highest BCUT2D eigenvalue weighted by molar-refractivity contribution is 5.79. The van der Waals surface area contributed by atoms with E-state index in [1.165, 1.54) is 0 Å². The van der Waals surface area contributed by atoms with Crippen molar-refractivity contribution < 1.29 is 9.90 Å². The van der Waals surface area contributed by atoms with E-state index in [1.807, 2.05) is 0 Å². The number of carboxylic acids is 1. The van der Waals surface area contributed by atoms with Gasteiger partial charge >= 0.3 is 5.97 Å². The van der Waals surface area contributed by atoms with Gasteiger partial charge in [-0.15, -0.1) is 0 Å². The van der Waals surface area contributed by atoms with Crippen molar-refractivity contribution in [1.82, 2.24) is 10.2 Å². The van der Waals surface area contributed by atoms with Crippen molar-refractivity contribution in [3.63, 3.8) is 0 Å². The van der Waals surface area contributed by atoms with Gasteiger partial charge in [0.1, 0.15) is 5.54 Å². The molecule has 2 unspecified atom stereocenters. The molecule has 1 saturated carbocycles. The molecule has 2 N–H and O–H groups in total. The number of nitrogens with one attached hydrogen (secondary N) is 1. The Morgan fingerprint density at radius 2 is 2.05 bits per heavy atom. The molecule has 1 rings (SSSR count). The maximum atomic E-state index is 11.7. The van der Waals surface area contributed by atoms with Gasteiger partial charge in [-0.3, -0.25) is 9.69 Å². The Labute approximate surface area is 123 Å². The first-order valence-electron chi connectivity index (χ1n) is 8.06. The predicted octanol–water partition coefficient (Wildman–Crippen LogP) is 2.73. The van der Waals surface area contributed by atoms with E-state index in [0.29, 0.717) is 18.0 Å².